The molecule has 1 N–H and O–H groups in total. The highest BCUT2D eigenvalue weighted by Gasteiger charge is 2.42. The second-order valence-corrected chi connectivity index (χ2v) is 7.87. The van der Waals surface area contributed by atoms with E-state index in [-0.39, 0.29) is 35.7 Å². The van der Waals surface area contributed by atoms with Crippen LogP contribution in [0, 0.1) is 11.8 Å². The van der Waals surface area contributed by atoms with Crippen LogP contribution in [0.4, 0.5) is 5.69 Å². The summed E-state index contributed by atoms with van der Waals surface area (Å²) in [6.45, 7) is 0. The van der Waals surface area contributed by atoms with Gasteiger partial charge < -0.3 is 4.74 Å². The van der Waals surface area contributed by atoms with E-state index in [0.29, 0.717) is 24.1 Å². The lowest BCUT2D eigenvalue weighted by atomic mass is 9.80. The fourth-order valence-electron chi connectivity index (χ4n) is 4.33. The molecule has 1 heterocycles. The van der Waals surface area contributed by atoms with Gasteiger partial charge in [-0.2, -0.15) is 0 Å². The van der Waals surface area contributed by atoms with E-state index in [4.69, 9.17) is 4.74 Å². The van der Waals surface area contributed by atoms with Crippen LogP contribution in [0.25, 0.3) is 0 Å². The number of nitrogens with one attached hydrogen (secondary N) is 1. The van der Waals surface area contributed by atoms with Crippen LogP contribution in [0.3, 0.4) is 0 Å². The van der Waals surface area contributed by atoms with Crippen LogP contribution < -0.4 is 10.4 Å². The lowest BCUT2D eigenvalue weighted by molar-refractivity contribution is -0.139. The third-order valence-electron chi connectivity index (χ3n) is 5.94. The number of rotatable bonds is 3. The quantitative estimate of drug-likeness (QED) is 0.493. The molecule has 1 aromatic rings. The van der Waals surface area contributed by atoms with Gasteiger partial charge in [0.15, 0.2) is 0 Å². The minimum Gasteiger partial charge on any atom is -0.459 e. The SMILES string of the molecule is O=C(OC1CCCCCC1)c1cccc(N2NC(=O)[C@H]3CC=CC[C@H]3C2=O)c1. The molecule has 2 aliphatic carbocycles. The molecule has 0 radical (unpaired) electrons. The van der Waals surface area contributed by atoms with Crippen molar-refractivity contribution in [1.29, 1.82) is 0 Å². The van der Waals surface area contributed by atoms with E-state index in [1.165, 1.54) is 17.9 Å². The minimum absolute atomic E-state index is 0.0373. The number of anilines is 1. The Morgan fingerprint density at radius 3 is 2.46 bits per heavy atom. The van der Waals surface area contributed by atoms with Crippen LogP contribution in [-0.2, 0) is 14.3 Å². The van der Waals surface area contributed by atoms with Crippen LogP contribution in [0.5, 0.6) is 0 Å². The first-order chi connectivity index (χ1) is 13.6. The van der Waals surface area contributed by atoms with Crippen molar-refractivity contribution in [2.24, 2.45) is 11.8 Å². The normalized spacial score (nSPS) is 25.6. The number of hydrogen-bond acceptors (Lipinski definition) is 4. The van der Waals surface area contributed by atoms with Gasteiger partial charge in [-0.1, -0.05) is 31.1 Å². The monoisotopic (exact) mass is 382 g/mol. The second kappa shape index (κ2) is 8.17. The van der Waals surface area contributed by atoms with Crippen molar-refractivity contribution in [3.8, 4) is 0 Å². The van der Waals surface area contributed by atoms with E-state index in [2.05, 4.69) is 5.43 Å². The van der Waals surface area contributed by atoms with Crippen molar-refractivity contribution in [2.75, 3.05) is 5.01 Å². The fraction of sp³-hybridized carbons (Fsp3) is 0.500. The van der Waals surface area contributed by atoms with E-state index in [0.717, 1.165) is 25.7 Å². The fourth-order valence-corrected chi connectivity index (χ4v) is 4.33. The number of carbonyl (C=O) groups is 3. The standard InChI is InChI=1S/C22H26N2O4/c25-20-18-12-5-6-13-19(18)21(26)24(23-20)16-9-7-8-15(14-16)22(27)28-17-10-3-1-2-4-11-17/h5-9,14,17-19H,1-4,10-13H2,(H,23,25)/t18-,19+/m0/s1. The van der Waals surface area contributed by atoms with Gasteiger partial charge in [0.25, 0.3) is 0 Å². The maximum Gasteiger partial charge on any atom is 0.338 e. The number of nitrogens with zero attached hydrogens (tertiary/aromatic N) is 1. The molecule has 2 fully saturated rings. The summed E-state index contributed by atoms with van der Waals surface area (Å²) < 4.78 is 5.69. The molecule has 28 heavy (non-hydrogen) atoms. The van der Waals surface area contributed by atoms with Crippen LogP contribution in [0.15, 0.2) is 36.4 Å². The van der Waals surface area contributed by atoms with E-state index < -0.39 is 0 Å². The molecule has 6 heteroatoms. The van der Waals surface area contributed by atoms with Crippen molar-refractivity contribution in [3.63, 3.8) is 0 Å². The van der Waals surface area contributed by atoms with E-state index in [1.807, 2.05) is 12.2 Å². The molecular weight excluding hydrogens is 356 g/mol. The zero-order valence-corrected chi connectivity index (χ0v) is 15.9. The Bertz CT molecular complexity index is 795. The summed E-state index contributed by atoms with van der Waals surface area (Å²) in [6.07, 6.45) is 11.4. The largest absolute Gasteiger partial charge is 0.459 e. The average Bonchev–Trinajstić information content (AvgIpc) is 2.99. The van der Waals surface area contributed by atoms with Crippen molar-refractivity contribution < 1.29 is 19.1 Å². The number of amides is 2. The molecular formula is C22H26N2O4. The maximum atomic E-state index is 12.9. The highest BCUT2D eigenvalue weighted by Crippen LogP contribution is 2.32. The molecule has 2 amide bonds. The molecule has 0 aromatic heterocycles. The molecule has 0 unspecified atom stereocenters. The molecule has 0 spiro atoms. The van der Waals surface area contributed by atoms with Gasteiger partial charge in [0.1, 0.15) is 6.10 Å². The highest BCUT2D eigenvalue weighted by molar-refractivity contribution is 6.04. The second-order valence-electron chi connectivity index (χ2n) is 7.87. The van der Waals surface area contributed by atoms with Crippen LogP contribution in [0.1, 0.15) is 61.7 Å². The Kier molecular flexibility index (Phi) is 5.46. The summed E-state index contributed by atoms with van der Waals surface area (Å²) in [5.41, 5.74) is 3.58. The van der Waals surface area contributed by atoms with Crippen LogP contribution in [0.2, 0.25) is 0 Å². The lowest BCUT2D eigenvalue weighted by Crippen LogP contribution is -2.59. The number of ether oxygens (including phenoxy) is 1. The first-order valence-corrected chi connectivity index (χ1v) is 10.2. The molecule has 6 nitrogen and oxygen atoms in total. The summed E-state index contributed by atoms with van der Waals surface area (Å²) in [5, 5.41) is 1.28. The summed E-state index contributed by atoms with van der Waals surface area (Å²) in [5.74, 6) is -1.32. The Labute approximate surface area is 164 Å². The smallest absolute Gasteiger partial charge is 0.338 e. The van der Waals surface area contributed by atoms with Crippen molar-refractivity contribution in [3.05, 3.63) is 42.0 Å². The zero-order chi connectivity index (χ0) is 19.5. The number of esters is 1. The number of hydrazine groups is 1. The van der Waals surface area contributed by atoms with Gasteiger partial charge in [-0.15, -0.1) is 0 Å². The molecule has 1 aromatic carbocycles. The number of fused-ring (bicyclic) bond motifs is 1. The summed E-state index contributed by atoms with van der Waals surface area (Å²) in [6, 6.07) is 6.74. The Morgan fingerprint density at radius 2 is 1.71 bits per heavy atom. The third kappa shape index (κ3) is 3.81. The molecule has 3 aliphatic rings. The topological polar surface area (TPSA) is 75.7 Å². The van der Waals surface area contributed by atoms with Crippen molar-refractivity contribution >= 4 is 23.5 Å². The van der Waals surface area contributed by atoms with Gasteiger partial charge in [-0.3, -0.25) is 15.0 Å². The predicted molar refractivity (Wildman–Crippen MR) is 104 cm³/mol. The lowest BCUT2D eigenvalue weighted by Gasteiger charge is -2.38. The van der Waals surface area contributed by atoms with Crippen LogP contribution >= 0.6 is 0 Å². The molecule has 4 rings (SSSR count). The molecule has 1 saturated heterocycles. The van der Waals surface area contributed by atoms with E-state index in [1.54, 1.807) is 24.3 Å². The molecule has 1 saturated carbocycles. The molecule has 148 valence electrons. The Morgan fingerprint density at radius 1 is 1.00 bits per heavy atom. The van der Waals surface area contributed by atoms with Gasteiger partial charge in [0.2, 0.25) is 11.8 Å². The Hall–Kier alpha value is -2.63. The van der Waals surface area contributed by atoms with Gasteiger partial charge in [0, 0.05) is 0 Å². The van der Waals surface area contributed by atoms with Gasteiger partial charge in [0.05, 0.1) is 23.1 Å². The molecule has 1 aliphatic heterocycles. The van der Waals surface area contributed by atoms with E-state index in [9.17, 15) is 14.4 Å². The highest BCUT2D eigenvalue weighted by atomic mass is 16.5. The summed E-state index contributed by atoms with van der Waals surface area (Å²) in [4.78, 5) is 38.0. The average molecular weight is 382 g/mol. The first-order valence-electron chi connectivity index (χ1n) is 10.2. The number of hydrogen-bond donors (Lipinski definition) is 1. The summed E-state index contributed by atoms with van der Waals surface area (Å²) >= 11 is 0. The number of benzene rings is 1. The molecule has 0 bridgehead atoms. The number of allylic oxidation sites excluding steroid dienone is 2. The van der Waals surface area contributed by atoms with Gasteiger partial charge >= 0.3 is 5.97 Å². The Balaban J connectivity index is 1.50. The van der Waals surface area contributed by atoms with E-state index >= 15 is 0 Å². The van der Waals surface area contributed by atoms with Gasteiger partial charge in [-0.25, -0.2) is 9.80 Å². The van der Waals surface area contributed by atoms with Crippen LogP contribution in [-0.4, -0.2) is 23.9 Å². The van der Waals surface area contributed by atoms with Crippen molar-refractivity contribution in [2.45, 2.75) is 57.5 Å². The third-order valence-corrected chi connectivity index (χ3v) is 5.94. The minimum atomic E-state index is -0.372. The summed E-state index contributed by atoms with van der Waals surface area (Å²) in [7, 11) is 0. The maximum absolute atomic E-state index is 12.9. The first kappa shape index (κ1) is 18.7. The van der Waals surface area contributed by atoms with Gasteiger partial charge in [-0.05, 0) is 56.7 Å². The number of carbonyl (C=O) groups excluding carboxylic acids is 3. The van der Waals surface area contributed by atoms with Crippen molar-refractivity contribution in [1.82, 2.24) is 5.43 Å². The zero-order valence-electron chi connectivity index (χ0n) is 15.9. The predicted octanol–water partition coefficient (Wildman–Crippen LogP) is 3.53. The molecule has 2 atom stereocenters.